The van der Waals surface area contributed by atoms with Crippen LogP contribution in [0.1, 0.15) is 10.7 Å². The summed E-state index contributed by atoms with van der Waals surface area (Å²) in [5.41, 5.74) is 1.44. The Balaban J connectivity index is 2.07. The van der Waals surface area contributed by atoms with Crippen LogP contribution in [0.15, 0.2) is 23.6 Å². The molecule has 2 rings (SSSR count). The van der Waals surface area contributed by atoms with E-state index in [9.17, 15) is 4.79 Å². The van der Waals surface area contributed by atoms with Crippen molar-refractivity contribution in [1.29, 1.82) is 0 Å². The van der Waals surface area contributed by atoms with Crippen LogP contribution in [0.4, 0.5) is 10.5 Å². The number of ether oxygens (including phenoxy) is 2. The summed E-state index contributed by atoms with van der Waals surface area (Å²) in [4.78, 5) is 18.2. The van der Waals surface area contributed by atoms with E-state index in [0.717, 1.165) is 10.7 Å². The maximum atomic E-state index is 12.3. The van der Waals surface area contributed by atoms with E-state index >= 15 is 0 Å². The van der Waals surface area contributed by atoms with Gasteiger partial charge in [-0.2, -0.15) is 0 Å². The van der Waals surface area contributed by atoms with E-state index in [1.165, 1.54) is 0 Å². The average Bonchev–Trinajstić information content (AvgIpc) is 2.92. The van der Waals surface area contributed by atoms with Gasteiger partial charge in [0.2, 0.25) is 0 Å². The third-order valence-corrected chi connectivity index (χ3v) is 3.88. The molecule has 1 aromatic carbocycles. The highest BCUT2D eigenvalue weighted by Gasteiger charge is 2.14. The van der Waals surface area contributed by atoms with E-state index in [1.807, 2.05) is 12.3 Å². The van der Waals surface area contributed by atoms with Crippen molar-refractivity contribution >= 4 is 23.1 Å². The van der Waals surface area contributed by atoms with Gasteiger partial charge in [0.15, 0.2) is 0 Å². The summed E-state index contributed by atoms with van der Waals surface area (Å²) in [5.74, 6) is 1.22. The van der Waals surface area contributed by atoms with Crippen molar-refractivity contribution in [3.63, 3.8) is 0 Å². The summed E-state index contributed by atoms with van der Waals surface area (Å²) in [6.45, 7) is 2.39. The number of rotatable bonds is 5. The van der Waals surface area contributed by atoms with Crippen molar-refractivity contribution in [2.45, 2.75) is 13.5 Å². The van der Waals surface area contributed by atoms with E-state index in [1.54, 1.807) is 55.7 Å². The second kappa shape index (κ2) is 7.13. The van der Waals surface area contributed by atoms with E-state index in [-0.39, 0.29) is 6.03 Å². The van der Waals surface area contributed by atoms with Crippen LogP contribution in [0.25, 0.3) is 0 Å². The molecule has 2 aromatic rings. The molecule has 0 aliphatic carbocycles. The summed E-state index contributed by atoms with van der Waals surface area (Å²) in [5, 5.41) is 5.75. The number of thiazole rings is 1. The maximum absolute atomic E-state index is 12.3. The molecule has 2 amide bonds. The van der Waals surface area contributed by atoms with Gasteiger partial charge in [-0.25, -0.2) is 9.78 Å². The minimum Gasteiger partial charge on any atom is -0.497 e. The Bertz CT molecular complexity index is 657. The SMILES string of the molecule is COc1ccc(OC)c(NC(=O)N(C)Cc2csc(C)n2)c1. The number of aryl methyl sites for hydroxylation is 1. The van der Waals surface area contributed by atoms with Gasteiger partial charge >= 0.3 is 6.03 Å². The van der Waals surface area contributed by atoms with Crippen molar-refractivity contribution in [2.24, 2.45) is 0 Å². The fourth-order valence-electron chi connectivity index (χ4n) is 1.92. The number of hydrogen-bond acceptors (Lipinski definition) is 5. The summed E-state index contributed by atoms with van der Waals surface area (Å²) in [7, 11) is 4.85. The number of methoxy groups -OCH3 is 2. The third-order valence-electron chi connectivity index (χ3n) is 3.06. The molecule has 0 radical (unpaired) electrons. The number of benzene rings is 1. The molecule has 0 atom stereocenters. The van der Waals surface area contributed by atoms with Gasteiger partial charge < -0.3 is 19.7 Å². The number of nitrogens with zero attached hydrogens (tertiary/aromatic N) is 2. The molecule has 0 aliphatic rings. The van der Waals surface area contributed by atoms with Crippen molar-refractivity contribution in [1.82, 2.24) is 9.88 Å². The first-order chi connectivity index (χ1) is 10.5. The number of anilines is 1. The molecule has 0 unspecified atom stereocenters. The quantitative estimate of drug-likeness (QED) is 0.919. The van der Waals surface area contributed by atoms with Crippen LogP contribution in [0.2, 0.25) is 0 Å². The molecule has 22 heavy (non-hydrogen) atoms. The zero-order valence-electron chi connectivity index (χ0n) is 13.0. The molecule has 0 fully saturated rings. The Morgan fingerprint density at radius 1 is 1.36 bits per heavy atom. The number of amides is 2. The first kappa shape index (κ1) is 16.1. The molecular formula is C15H19N3O3S. The van der Waals surface area contributed by atoms with E-state index in [2.05, 4.69) is 10.3 Å². The van der Waals surface area contributed by atoms with Gasteiger partial charge in [0, 0.05) is 18.5 Å². The van der Waals surface area contributed by atoms with Crippen LogP contribution < -0.4 is 14.8 Å². The minimum atomic E-state index is -0.239. The number of carbonyl (C=O) groups is 1. The number of carbonyl (C=O) groups excluding carboxylic acids is 1. The Morgan fingerprint density at radius 2 is 2.14 bits per heavy atom. The van der Waals surface area contributed by atoms with E-state index < -0.39 is 0 Å². The lowest BCUT2D eigenvalue weighted by atomic mass is 10.2. The molecular weight excluding hydrogens is 302 g/mol. The Hall–Kier alpha value is -2.28. The maximum Gasteiger partial charge on any atom is 0.322 e. The first-order valence-corrected chi connectivity index (χ1v) is 7.56. The third kappa shape index (κ3) is 3.88. The van der Waals surface area contributed by atoms with Crippen LogP contribution in [-0.4, -0.2) is 37.2 Å². The average molecular weight is 321 g/mol. The number of hydrogen-bond donors (Lipinski definition) is 1. The standard InChI is InChI=1S/C15H19N3O3S/c1-10-16-11(9-22-10)8-18(2)15(19)17-13-7-12(20-3)5-6-14(13)21-4/h5-7,9H,8H2,1-4H3,(H,17,19). The number of urea groups is 1. The molecule has 0 aliphatic heterocycles. The summed E-state index contributed by atoms with van der Waals surface area (Å²) in [6, 6.07) is 5.00. The zero-order valence-corrected chi connectivity index (χ0v) is 13.9. The smallest absolute Gasteiger partial charge is 0.322 e. The van der Waals surface area contributed by atoms with Crippen molar-refractivity contribution in [2.75, 3.05) is 26.6 Å². The molecule has 1 heterocycles. The molecule has 7 heteroatoms. The Labute approximate surface area is 133 Å². The van der Waals surface area contributed by atoms with Gasteiger partial charge in [-0.3, -0.25) is 0 Å². The van der Waals surface area contributed by atoms with Crippen molar-refractivity contribution < 1.29 is 14.3 Å². The molecule has 1 N–H and O–H groups in total. The number of aromatic nitrogens is 1. The van der Waals surface area contributed by atoms with Crippen LogP contribution >= 0.6 is 11.3 Å². The molecule has 0 saturated heterocycles. The van der Waals surface area contributed by atoms with Gasteiger partial charge in [0.1, 0.15) is 11.5 Å². The molecule has 118 valence electrons. The minimum absolute atomic E-state index is 0.239. The number of nitrogens with one attached hydrogen (secondary N) is 1. The molecule has 1 aromatic heterocycles. The van der Waals surface area contributed by atoms with Crippen LogP contribution in [0.5, 0.6) is 11.5 Å². The van der Waals surface area contributed by atoms with Gasteiger partial charge in [-0.05, 0) is 19.1 Å². The van der Waals surface area contributed by atoms with Crippen molar-refractivity contribution in [3.8, 4) is 11.5 Å². The van der Waals surface area contributed by atoms with Crippen LogP contribution in [0, 0.1) is 6.92 Å². The lowest BCUT2D eigenvalue weighted by Crippen LogP contribution is -2.31. The fourth-order valence-corrected chi connectivity index (χ4v) is 2.52. The van der Waals surface area contributed by atoms with Gasteiger partial charge in [0.05, 0.1) is 37.2 Å². The Morgan fingerprint density at radius 3 is 2.73 bits per heavy atom. The van der Waals surface area contributed by atoms with E-state index in [4.69, 9.17) is 9.47 Å². The van der Waals surface area contributed by atoms with Crippen LogP contribution in [0.3, 0.4) is 0 Å². The summed E-state index contributed by atoms with van der Waals surface area (Å²) >= 11 is 1.57. The highest BCUT2D eigenvalue weighted by Crippen LogP contribution is 2.29. The lowest BCUT2D eigenvalue weighted by molar-refractivity contribution is 0.220. The largest absolute Gasteiger partial charge is 0.497 e. The normalized spacial score (nSPS) is 10.2. The first-order valence-electron chi connectivity index (χ1n) is 6.68. The van der Waals surface area contributed by atoms with E-state index in [0.29, 0.717) is 23.7 Å². The molecule has 0 bridgehead atoms. The van der Waals surface area contributed by atoms with Gasteiger partial charge in [0.25, 0.3) is 0 Å². The fraction of sp³-hybridized carbons (Fsp3) is 0.333. The van der Waals surface area contributed by atoms with Crippen molar-refractivity contribution in [3.05, 3.63) is 34.3 Å². The topological polar surface area (TPSA) is 63.7 Å². The highest BCUT2D eigenvalue weighted by molar-refractivity contribution is 7.09. The van der Waals surface area contributed by atoms with Gasteiger partial charge in [-0.1, -0.05) is 0 Å². The lowest BCUT2D eigenvalue weighted by Gasteiger charge is -2.18. The molecule has 6 nitrogen and oxygen atoms in total. The Kier molecular flexibility index (Phi) is 5.21. The predicted octanol–water partition coefficient (Wildman–Crippen LogP) is 3.13. The monoisotopic (exact) mass is 321 g/mol. The second-order valence-corrected chi connectivity index (χ2v) is 5.77. The summed E-state index contributed by atoms with van der Waals surface area (Å²) in [6.07, 6.45) is 0. The zero-order chi connectivity index (χ0) is 16.1. The molecule has 0 spiro atoms. The highest BCUT2D eigenvalue weighted by atomic mass is 32.1. The van der Waals surface area contributed by atoms with Gasteiger partial charge in [-0.15, -0.1) is 11.3 Å². The predicted molar refractivity (Wildman–Crippen MR) is 86.9 cm³/mol. The van der Waals surface area contributed by atoms with Crippen LogP contribution in [-0.2, 0) is 6.54 Å². The second-order valence-electron chi connectivity index (χ2n) is 4.71. The summed E-state index contributed by atoms with van der Waals surface area (Å²) < 4.78 is 10.4. The molecule has 0 saturated carbocycles.